The van der Waals surface area contributed by atoms with Crippen LogP contribution in [0.4, 0.5) is 5.69 Å². The van der Waals surface area contributed by atoms with Gasteiger partial charge in [-0.2, -0.15) is 0 Å². The Hall–Kier alpha value is -3.15. The second-order valence-corrected chi connectivity index (χ2v) is 7.09. The Morgan fingerprint density at radius 1 is 1.00 bits per heavy atom. The van der Waals surface area contributed by atoms with Crippen LogP contribution in [-0.4, -0.2) is 14.9 Å². The maximum absolute atomic E-state index is 13.0. The zero-order valence-corrected chi connectivity index (χ0v) is 15.3. The molecule has 2 aromatic rings. The smallest absolute Gasteiger partial charge is 0.330 e. The van der Waals surface area contributed by atoms with Gasteiger partial charge in [0, 0.05) is 37.3 Å². The van der Waals surface area contributed by atoms with Crippen molar-refractivity contribution in [1.82, 2.24) is 9.13 Å². The van der Waals surface area contributed by atoms with Gasteiger partial charge in [-0.25, -0.2) is 4.79 Å². The van der Waals surface area contributed by atoms with Gasteiger partial charge in [0.25, 0.3) is 5.56 Å². The van der Waals surface area contributed by atoms with Gasteiger partial charge in [0.1, 0.15) is 0 Å². The SMILES string of the molecule is Cn1c2c(c(=O)n(C)c1=O)[C@@H](Nc1ccccc1)[C@@H]1C=CC=CC(=O)[C@@H]1C2. The highest BCUT2D eigenvalue weighted by atomic mass is 16.2. The second-order valence-electron chi connectivity index (χ2n) is 7.09. The predicted octanol–water partition coefficient (Wildman–Crippen LogP) is 1.72. The minimum Gasteiger partial charge on any atom is -0.377 e. The van der Waals surface area contributed by atoms with Crippen LogP contribution in [0, 0.1) is 11.8 Å². The highest BCUT2D eigenvalue weighted by Gasteiger charge is 2.42. The van der Waals surface area contributed by atoms with Crippen molar-refractivity contribution in [2.75, 3.05) is 5.32 Å². The fourth-order valence-electron chi connectivity index (χ4n) is 4.12. The monoisotopic (exact) mass is 363 g/mol. The summed E-state index contributed by atoms with van der Waals surface area (Å²) in [5.41, 5.74) is 1.38. The summed E-state index contributed by atoms with van der Waals surface area (Å²) in [6, 6.07) is 9.21. The lowest BCUT2D eigenvalue weighted by atomic mass is 9.72. The Kier molecular flexibility index (Phi) is 4.18. The maximum Gasteiger partial charge on any atom is 0.330 e. The number of hydrogen-bond donors (Lipinski definition) is 1. The summed E-state index contributed by atoms with van der Waals surface area (Å²) in [6.07, 6.45) is 7.54. The lowest BCUT2D eigenvalue weighted by Gasteiger charge is -2.38. The zero-order chi connectivity index (χ0) is 19.1. The molecule has 27 heavy (non-hydrogen) atoms. The number of nitrogens with zero attached hydrogens (tertiary/aromatic N) is 2. The Labute approximate surface area is 156 Å². The summed E-state index contributed by atoms with van der Waals surface area (Å²) in [4.78, 5) is 38.1. The van der Waals surface area contributed by atoms with Crippen molar-refractivity contribution in [3.05, 3.63) is 86.7 Å². The van der Waals surface area contributed by atoms with Crippen molar-refractivity contribution < 1.29 is 4.79 Å². The minimum atomic E-state index is -0.397. The number of benzene rings is 1. The molecule has 0 bridgehead atoms. The Morgan fingerprint density at radius 3 is 2.48 bits per heavy atom. The molecule has 1 N–H and O–H groups in total. The van der Waals surface area contributed by atoms with Crippen LogP contribution >= 0.6 is 0 Å². The first-order valence-electron chi connectivity index (χ1n) is 8.98. The quantitative estimate of drug-likeness (QED) is 0.882. The Morgan fingerprint density at radius 2 is 1.74 bits per heavy atom. The fourth-order valence-corrected chi connectivity index (χ4v) is 4.12. The van der Waals surface area contributed by atoms with E-state index in [4.69, 9.17) is 0 Å². The van der Waals surface area contributed by atoms with Gasteiger partial charge in [-0.1, -0.05) is 36.4 Å². The number of ketones is 1. The molecule has 1 heterocycles. The highest BCUT2D eigenvalue weighted by molar-refractivity contribution is 5.93. The summed E-state index contributed by atoms with van der Waals surface area (Å²) in [7, 11) is 3.15. The lowest BCUT2D eigenvalue weighted by Crippen LogP contribution is -2.48. The van der Waals surface area contributed by atoms with Crippen LogP contribution in [0.1, 0.15) is 17.3 Å². The van der Waals surface area contributed by atoms with Gasteiger partial charge in [0.2, 0.25) is 0 Å². The number of anilines is 1. The number of carbonyl (C=O) groups is 1. The number of nitrogens with one attached hydrogen (secondary N) is 1. The van der Waals surface area contributed by atoms with Crippen LogP contribution in [0.5, 0.6) is 0 Å². The molecule has 0 fully saturated rings. The van der Waals surface area contributed by atoms with E-state index in [0.717, 1.165) is 10.3 Å². The number of hydrogen-bond acceptors (Lipinski definition) is 4. The van der Waals surface area contributed by atoms with E-state index in [2.05, 4.69) is 5.32 Å². The van der Waals surface area contributed by atoms with Crippen LogP contribution < -0.4 is 16.6 Å². The number of rotatable bonds is 2. The largest absolute Gasteiger partial charge is 0.377 e. The summed E-state index contributed by atoms with van der Waals surface area (Å²) in [6.45, 7) is 0. The molecule has 3 atom stereocenters. The third-order valence-corrected chi connectivity index (χ3v) is 5.56. The molecule has 138 valence electrons. The van der Waals surface area contributed by atoms with Crippen LogP contribution in [0.3, 0.4) is 0 Å². The standard InChI is InChI=1S/C21H21N3O3/c1-23-16-12-15-14(10-6-7-11-17(15)25)19(22-13-8-4-3-5-9-13)18(16)20(26)24(2)21(23)27/h3-11,14-15,19,22H,12H2,1-2H3/t14-,15-,19+/m1/s1. The van der Waals surface area contributed by atoms with Gasteiger partial charge in [0.05, 0.1) is 11.6 Å². The zero-order valence-electron chi connectivity index (χ0n) is 15.3. The van der Waals surface area contributed by atoms with E-state index in [1.54, 1.807) is 19.2 Å². The highest BCUT2D eigenvalue weighted by Crippen LogP contribution is 2.40. The Balaban J connectivity index is 1.95. The first-order valence-corrected chi connectivity index (χ1v) is 8.98. The van der Waals surface area contributed by atoms with E-state index in [9.17, 15) is 14.4 Å². The summed E-state index contributed by atoms with van der Waals surface area (Å²) < 4.78 is 2.64. The topological polar surface area (TPSA) is 73.1 Å². The first kappa shape index (κ1) is 17.3. The van der Waals surface area contributed by atoms with Crippen molar-refractivity contribution in [1.29, 1.82) is 0 Å². The minimum absolute atomic E-state index is 0.0173. The van der Waals surface area contributed by atoms with Gasteiger partial charge in [0.15, 0.2) is 5.78 Å². The molecule has 0 unspecified atom stereocenters. The van der Waals surface area contributed by atoms with E-state index in [0.29, 0.717) is 17.7 Å². The number of para-hydroxylation sites is 1. The van der Waals surface area contributed by atoms with E-state index < -0.39 is 6.04 Å². The molecule has 6 nitrogen and oxygen atoms in total. The molecule has 1 aromatic heterocycles. The first-order chi connectivity index (χ1) is 13.0. The Bertz CT molecular complexity index is 1080. The summed E-state index contributed by atoms with van der Waals surface area (Å²) in [5.74, 6) is -0.472. The average Bonchev–Trinajstić information content (AvgIpc) is 2.87. The number of allylic oxidation sites excluding steroid dienone is 3. The molecule has 0 spiro atoms. The molecule has 2 aliphatic rings. The van der Waals surface area contributed by atoms with Crippen LogP contribution in [0.2, 0.25) is 0 Å². The van der Waals surface area contributed by atoms with Crippen molar-refractivity contribution >= 4 is 11.5 Å². The third-order valence-electron chi connectivity index (χ3n) is 5.56. The van der Waals surface area contributed by atoms with E-state index >= 15 is 0 Å². The van der Waals surface area contributed by atoms with Gasteiger partial charge < -0.3 is 9.88 Å². The van der Waals surface area contributed by atoms with E-state index in [1.807, 2.05) is 42.5 Å². The van der Waals surface area contributed by atoms with Gasteiger partial charge >= 0.3 is 5.69 Å². The molecule has 0 aliphatic heterocycles. The second kappa shape index (κ2) is 6.54. The third kappa shape index (κ3) is 2.77. The number of carbonyl (C=O) groups excluding carboxylic acids is 1. The lowest BCUT2D eigenvalue weighted by molar-refractivity contribution is -0.119. The van der Waals surface area contributed by atoms with Crippen LogP contribution in [0.15, 0.2) is 64.2 Å². The summed E-state index contributed by atoms with van der Waals surface area (Å²) >= 11 is 0. The molecule has 0 saturated heterocycles. The molecule has 0 amide bonds. The van der Waals surface area contributed by atoms with Crippen molar-refractivity contribution in [3.63, 3.8) is 0 Å². The number of aromatic nitrogens is 2. The molecule has 1 aromatic carbocycles. The molecular formula is C21H21N3O3. The molecule has 4 rings (SSSR count). The van der Waals surface area contributed by atoms with E-state index in [-0.39, 0.29) is 28.9 Å². The molecule has 0 saturated carbocycles. The van der Waals surface area contributed by atoms with Gasteiger partial charge in [-0.3, -0.25) is 14.2 Å². The molecule has 0 radical (unpaired) electrons. The number of fused-ring (bicyclic) bond motifs is 2. The van der Waals surface area contributed by atoms with Crippen molar-refractivity contribution in [2.45, 2.75) is 12.5 Å². The fraction of sp³-hybridized carbons (Fsp3) is 0.286. The van der Waals surface area contributed by atoms with Crippen molar-refractivity contribution in [2.24, 2.45) is 25.9 Å². The van der Waals surface area contributed by atoms with Crippen molar-refractivity contribution in [3.8, 4) is 0 Å². The predicted molar refractivity (Wildman–Crippen MR) is 104 cm³/mol. The van der Waals surface area contributed by atoms with Crippen LogP contribution in [0.25, 0.3) is 0 Å². The molecule has 6 heteroatoms. The molecular weight excluding hydrogens is 342 g/mol. The van der Waals surface area contributed by atoms with Gasteiger partial charge in [-0.15, -0.1) is 0 Å². The maximum atomic E-state index is 13.0. The average molecular weight is 363 g/mol. The van der Waals surface area contributed by atoms with Gasteiger partial charge in [-0.05, 0) is 24.6 Å². The summed E-state index contributed by atoms with van der Waals surface area (Å²) in [5, 5.41) is 3.44. The van der Waals surface area contributed by atoms with Crippen LogP contribution in [-0.2, 0) is 25.3 Å². The normalized spacial score (nSPS) is 23.5. The van der Waals surface area contributed by atoms with E-state index in [1.165, 1.54) is 11.6 Å². The molecule has 2 aliphatic carbocycles.